The second kappa shape index (κ2) is 6.69. The summed E-state index contributed by atoms with van der Waals surface area (Å²) in [6, 6.07) is 10.7. The van der Waals surface area contributed by atoms with Gasteiger partial charge < -0.3 is 14.6 Å². The average molecular weight is 312 g/mol. The van der Waals surface area contributed by atoms with E-state index >= 15 is 0 Å². The predicted octanol–water partition coefficient (Wildman–Crippen LogP) is 2.72. The first-order chi connectivity index (χ1) is 11.2. The van der Waals surface area contributed by atoms with Gasteiger partial charge in [0.05, 0.1) is 12.8 Å². The highest BCUT2D eigenvalue weighted by molar-refractivity contribution is 6.01. The number of amides is 2. The van der Waals surface area contributed by atoms with E-state index in [2.05, 4.69) is 5.32 Å². The van der Waals surface area contributed by atoms with Gasteiger partial charge in [-0.2, -0.15) is 0 Å². The lowest BCUT2D eigenvalue weighted by Crippen LogP contribution is -2.46. The number of furan rings is 1. The zero-order valence-corrected chi connectivity index (χ0v) is 13.1. The lowest BCUT2D eigenvalue weighted by atomic mass is 10.1. The number of nitrogens with zero attached hydrogens (tertiary/aromatic N) is 1. The van der Waals surface area contributed by atoms with Gasteiger partial charge in [-0.1, -0.05) is 31.5 Å². The van der Waals surface area contributed by atoms with Crippen LogP contribution in [0.3, 0.4) is 0 Å². The third kappa shape index (κ3) is 3.13. The molecule has 1 N–H and O–H groups in total. The number of rotatable bonds is 6. The molecule has 2 amide bonds. The van der Waals surface area contributed by atoms with Crippen molar-refractivity contribution < 1.29 is 14.0 Å². The van der Waals surface area contributed by atoms with Gasteiger partial charge in [0, 0.05) is 12.1 Å². The van der Waals surface area contributed by atoms with Crippen molar-refractivity contribution >= 4 is 11.8 Å². The van der Waals surface area contributed by atoms with E-state index < -0.39 is 6.04 Å². The molecule has 1 aliphatic heterocycles. The van der Waals surface area contributed by atoms with Crippen LogP contribution in [0.25, 0.3) is 0 Å². The van der Waals surface area contributed by atoms with Gasteiger partial charge in [0.25, 0.3) is 5.91 Å². The number of hydrogen-bond acceptors (Lipinski definition) is 3. The zero-order valence-electron chi connectivity index (χ0n) is 13.1. The van der Waals surface area contributed by atoms with Crippen molar-refractivity contribution in [2.75, 3.05) is 0 Å². The van der Waals surface area contributed by atoms with E-state index in [1.54, 1.807) is 17.2 Å². The van der Waals surface area contributed by atoms with Gasteiger partial charge in [-0.15, -0.1) is 0 Å². The summed E-state index contributed by atoms with van der Waals surface area (Å²) in [5.41, 5.74) is 1.69. The highest BCUT2D eigenvalue weighted by Crippen LogP contribution is 2.26. The Labute approximate surface area is 135 Å². The van der Waals surface area contributed by atoms with Crippen LogP contribution in [0.15, 0.2) is 47.1 Å². The first-order valence-electron chi connectivity index (χ1n) is 7.89. The summed E-state index contributed by atoms with van der Waals surface area (Å²) in [6.45, 7) is 2.84. The fraction of sp³-hybridized carbons (Fsp3) is 0.333. The molecule has 3 rings (SSSR count). The maximum atomic E-state index is 12.6. The van der Waals surface area contributed by atoms with E-state index in [-0.39, 0.29) is 11.8 Å². The van der Waals surface area contributed by atoms with Crippen molar-refractivity contribution in [3.63, 3.8) is 0 Å². The summed E-state index contributed by atoms with van der Waals surface area (Å²) in [6.07, 6.45) is 3.05. The molecule has 1 aromatic heterocycles. The summed E-state index contributed by atoms with van der Waals surface area (Å²) >= 11 is 0. The van der Waals surface area contributed by atoms with Gasteiger partial charge in [-0.05, 0) is 30.2 Å². The van der Waals surface area contributed by atoms with Crippen LogP contribution in [0.5, 0.6) is 0 Å². The summed E-state index contributed by atoms with van der Waals surface area (Å²) in [7, 11) is 0. The maximum absolute atomic E-state index is 12.6. The standard InChI is InChI=1S/C18H20N2O3/c1-2-6-16(17(21)19-11-14-8-5-10-23-14)20-12-13-7-3-4-9-15(13)18(20)22/h3-5,7-10,16H,2,6,11-12H2,1H3,(H,19,21)/t16-/m0/s1. The van der Waals surface area contributed by atoms with Crippen LogP contribution in [0, 0.1) is 0 Å². The molecule has 1 atom stereocenters. The molecule has 0 aliphatic carbocycles. The Morgan fingerprint density at radius 3 is 2.83 bits per heavy atom. The fourth-order valence-electron chi connectivity index (χ4n) is 2.94. The maximum Gasteiger partial charge on any atom is 0.255 e. The lowest BCUT2D eigenvalue weighted by molar-refractivity contribution is -0.126. The minimum absolute atomic E-state index is 0.0628. The molecule has 5 nitrogen and oxygen atoms in total. The third-order valence-corrected chi connectivity index (χ3v) is 4.11. The van der Waals surface area contributed by atoms with Crippen molar-refractivity contribution in [3.05, 3.63) is 59.5 Å². The van der Waals surface area contributed by atoms with E-state index in [1.807, 2.05) is 37.3 Å². The number of fused-ring (bicyclic) bond motifs is 1. The van der Waals surface area contributed by atoms with E-state index in [0.717, 1.165) is 12.0 Å². The third-order valence-electron chi connectivity index (χ3n) is 4.11. The Kier molecular flexibility index (Phi) is 4.46. The van der Waals surface area contributed by atoms with Crippen molar-refractivity contribution in [3.8, 4) is 0 Å². The van der Waals surface area contributed by atoms with Gasteiger partial charge in [-0.3, -0.25) is 9.59 Å². The first kappa shape index (κ1) is 15.3. The minimum Gasteiger partial charge on any atom is -0.467 e. The van der Waals surface area contributed by atoms with Crippen LogP contribution in [0.2, 0.25) is 0 Å². The van der Waals surface area contributed by atoms with Gasteiger partial charge >= 0.3 is 0 Å². The molecule has 120 valence electrons. The van der Waals surface area contributed by atoms with Crippen LogP contribution in [-0.4, -0.2) is 22.8 Å². The molecule has 0 fully saturated rings. The largest absolute Gasteiger partial charge is 0.467 e. The van der Waals surface area contributed by atoms with E-state index in [1.165, 1.54) is 0 Å². The fourth-order valence-corrected chi connectivity index (χ4v) is 2.94. The molecule has 2 aromatic rings. The van der Waals surface area contributed by atoms with Crippen molar-refractivity contribution in [2.24, 2.45) is 0 Å². The highest BCUT2D eigenvalue weighted by atomic mass is 16.3. The average Bonchev–Trinajstić information content (AvgIpc) is 3.19. The molecular weight excluding hydrogens is 292 g/mol. The summed E-state index contributed by atoms with van der Waals surface area (Å²) in [5.74, 6) is 0.501. The van der Waals surface area contributed by atoms with Crippen LogP contribution >= 0.6 is 0 Å². The molecule has 0 saturated heterocycles. The first-order valence-corrected chi connectivity index (χ1v) is 7.89. The van der Waals surface area contributed by atoms with Gasteiger partial charge in [-0.25, -0.2) is 0 Å². The molecular formula is C18H20N2O3. The number of carbonyl (C=O) groups is 2. The smallest absolute Gasteiger partial charge is 0.255 e. The van der Waals surface area contributed by atoms with Gasteiger partial charge in [0.2, 0.25) is 5.91 Å². The zero-order chi connectivity index (χ0) is 16.2. The quantitative estimate of drug-likeness (QED) is 0.892. The molecule has 1 aromatic carbocycles. The van der Waals surface area contributed by atoms with Crippen LogP contribution in [-0.2, 0) is 17.9 Å². The molecule has 0 unspecified atom stereocenters. The Bertz CT molecular complexity index is 694. The van der Waals surface area contributed by atoms with E-state index in [0.29, 0.717) is 30.8 Å². The Hall–Kier alpha value is -2.56. The topological polar surface area (TPSA) is 62.6 Å². The number of benzene rings is 1. The number of nitrogens with one attached hydrogen (secondary N) is 1. The highest BCUT2D eigenvalue weighted by Gasteiger charge is 2.35. The van der Waals surface area contributed by atoms with Crippen molar-refractivity contribution in [1.29, 1.82) is 0 Å². The predicted molar refractivity (Wildman–Crippen MR) is 85.6 cm³/mol. The molecule has 1 aliphatic rings. The molecule has 0 bridgehead atoms. The van der Waals surface area contributed by atoms with Crippen LogP contribution in [0.1, 0.15) is 41.4 Å². The minimum atomic E-state index is -0.449. The second-order valence-electron chi connectivity index (χ2n) is 5.69. The molecule has 2 heterocycles. The van der Waals surface area contributed by atoms with E-state index in [9.17, 15) is 9.59 Å². The van der Waals surface area contributed by atoms with Gasteiger partial charge in [0.15, 0.2) is 0 Å². The Morgan fingerprint density at radius 1 is 1.30 bits per heavy atom. The summed E-state index contributed by atoms with van der Waals surface area (Å²) < 4.78 is 5.23. The summed E-state index contributed by atoms with van der Waals surface area (Å²) in [4.78, 5) is 26.8. The normalized spacial score (nSPS) is 14.7. The SMILES string of the molecule is CCC[C@@H](C(=O)NCc1ccco1)N1Cc2ccccc2C1=O. The van der Waals surface area contributed by atoms with Crippen LogP contribution < -0.4 is 5.32 Å². The lowest BCUT2D eigenvalue weighted by Gasteiger charge is -2.26. The number of carbonyl (C=O) groups excluding carboxylic acids is 2. The van der Waals surface area contributed by atoms with Crippen molar-refractivity contribution in [1.82, 2.24) is 10.2 Å². The molecule has 0 spiro atoms. The monoisotopic (exact) mass is 312 g/mol. The second-order valence-corrected chi connectivity index (χ2v) is 5.69. The molecule has 23 heavy (non-hydrogen) atoms. The number of hydrogen-bond donors (Lipinski definition) is 1. The van der Waals surface area contributed by atoms with E-state index in [4.69, 9.17) is 4.42 Å². The summed E-state index contributed by atoms with van der Waals surface area (Å²) in [5, 5.41) is 2.87. The molecule has 0 radical (unpaired) electrons. The van der Waals surface area contributed by atoms with Crippen molar-refractivity contribution in [2.45, 2.75) is 38.9 Å². The molecule has 5 heteroatoms. The van der Waals surface area contributed by atoms with Crippen LogP contribution in [0.4, 0.5) is 0 Å². The Morgan fingerprint density at radius 2 is 2.13 bits per heavy atom. The Balaban J connectivity index is 1.72. The molecule has 0 saturated carbocycles. The van der Waals surface area contributed by atoms with Gasteiger partial charge in [0.1, 0.15) is 11.8 Å².